The number of oxime groups is 1. The largest absolute Gasteiger partial charge is 0.461 e. The lowest BCUT2D eigenvalue weighted by atomic mass is 9.96. The number of para-hydroxylation sites is 1. The van der Waals surface area contributed by atoms with E-state index in [4.69, 9.17) is 9.25 Å². The fourth-order valence-electron chi connectivity index (χ4n) is 2.95. The van der Waals surface area contributed by atoms with Gasteiger partial charge >= 0.3 is 0 Å². The molecule has 0 radical (unpaired) electrons. The second-order valence-corrected chi connectivity index (χ2v) is 5.59. The van der Waals surface area contributed by atoms with Crippen LogP contribution in [0, 0.1) is 12.8 Å². The number of benzene rings is 1. The number of ketones is 1. The average molecular weight is 324 g/mol. The van der Waals surface area contributed by atoms with Crippen molar-refractivity contribution in [1.82, 2.24) is 0 Å². The van der Waals surface area contributed by atoms with Crippen molar-refractivity contribution in [2.75, 3.05) is 4.90 Å². The molecular formula is C17H12N2O5. The summed E-state index contributed by atoms with van der Waals surface area (Å²) in [7, 11) is 0. The van der Waals surface area contributed by atoms with Gasteiger partial charge in [-0.25, -0.2) is 4.90 Å². The molecule has 1 saturated heterocycles. The highest BCUT2D eigenvalue weighted by Gasteiger charge is 2.57. The van der Waals surface area contributed by atoms with Crippen molar-refractivity contribution in [1.29, 1.82) is 0 Å². The number of fused-ring (bicyclic) bond motifs is 1. The summed E-state index contributed by atoms with van der Waals surface area (Å²) in [5, 5.41) is 3.67. The number of hydrogen-bond donors (Lipinski definition) is 0. The van der Waals surface area contributed by atoms with Crippen LogP contribution in [0.3, 0.4) is 0 Å². The third-order valence-electron chi connectivity index (χ3n) is 4.15. The Balaban J connectivity index is 1.70. The van der Waals surface area contributed by atoms with Gasteiger partial charge in [0.05, 0.1) is 12.0 Å². The van der Waals surface area contributed by atoms with Crippen LogP contribution in [0.4, 0.5) is 5.69 Å². The summed E-state index contributed by atoms with van der Waals surface area (Å²) in [6.45, 7) is 1.80. The van der Waals surface area contributed by atoms with E-state index in [9.17, 15) is 14.4 Å². The van der Waals surface area contributed by atoms with Crippen LogP contribution in [-0.2, 0) is 14.4 Å². The topological polar surface area (TPSA) is 89.2 Å². The van der Waals surface area contributed by atoms with Gasteiger partial charge in [0.2, 0.25) is 17.8 Å². The molecule has 7 heteroatoms. The smallest absolute Gasteiger partial charge is 0.278 e. The fourth-order valence-corrected chi connectivity index (χ4v) is 2.95. The highest BCUT2D eigenvalue weighted by atomic mass is 16.7. The molecule has 1 fully saturated rings. The number of Topliss-reactive ketones (excluding diaryl/α,β-unsaturated/α-hetero) is 1. The number of carbonyl (C=O) groups is 3. The molecule has 2 amide bonds. The van der Waals surface area contributed by atoms with E-state index in [1.54, 1.807) is 31.2 Å². The summed E-state index contributed by atoms with van der Waals surface area (Å²) in [6, 6.07) is 10.1. The number of imide groups is 1. The minimum Gasteiger partial charge on any atom is -0.461 e. The van der Waals surface area contributed by atoms with Gasteiger partial charge < -0.3 is 9.25 Å². The van der Waals surface area contributed by atoms with Gasteiger partial charge in [-0.3, -0.25) is 14.4 Å². The van der Waals surface area contributed by atoms with Crippen LogP contribution in [0.5, 0.6) is 0 Å². The normalized spacial score (nSPS) is 22.4. The predicted octanol–water partition coefficient (Wildman–Crippen LogP) is 1.72. The highest BCUT2D eigenvalue weighted by molar-refractivity contribution is 6.52. The van der Waals surface area contributed by atoms with E-state index in [-0.39, 0.29) is 11.5 Å². The fraction of sp³-hybridized carbons (Fsp3) is 0.176. The Morgan fingerprint density at radius 3 is 2.62 bits per heavy atom. The van der Waals surface area contributed by atoms with Gasteiger partial charge in [-0.15, -0.1) is 0 Å². The maximum atomic E-state index is 12.8. The van der Waals surface area contributed by atoms with E-state index in [1.807, 2.05) is 6.07 Å². The first kappa shape index (κ1) is 14.4. The molecule has 0 unspecified atom stereocenters. The van der Waals surface area contributed by atoms with Crippen LogP contribution < -0.4 is 4.90 Å². The molecule has 120 valence electrons. The van der Waals surface area contributed by atoms with Gasteiger partial charge in [0.1, 0.15) is 11.6 Å². The van der Waals surface area contributed by atoms with Crippen LogP contribution in [-0.4, -0.2) is 29.4 Å². The van der Waals surface area contributed by atoms with E-state index >= 15 is 0 Å². The SMILES string of the molecule is Cc1ccccc1N1C(=O)[C@H]2C(C(=O)c3ccco3)=NO[C@H]2C1=O. The van der Waals surface area contributed by atoms with Crippen molar-refractivity contribution in [3.05, 3.63) is 54.0 Å². The summed E-state index contributed by atoms with van der Waals surface area (Å²) in [5.41, 5.74) is 1.15. The minimum absolute atomic E-state index is 0.0487. The first-order valence-corrected chi connectivity index (χ1v) is 7.35. The molecule has 0 N–H and O–H groups in total. The molecule has 0 spiro atoms. The Morgan fingerprint density at radius 2 is 1.92 bits per heavy atom. The molecule has 4 rings (SSSR count). The quantitative estimate of drug-likeness (QED) is 0.633. The number of anilines is 1. The minimum atomic E-state index is -1.11. The van der Waals surface area contributed by atoms with Crippen LogP contribution >= 0.6 is 0 Å². The summed E-state index contributed by atoms with van der Waals surface area (Å²) in [6.07, 6.45) is 0.244. The lowest BCUT2D eigenvalue weighted by molar-refractivity contribution is -0.126. The number of hydrogen-bond acceptors (Lipinski definition) is 6. The summed E-state index contributed by atoms with van der Waals surface area (Å²) >= 11 is 0. The Bertz CT molecular complexity index is 884. The van der Waals surface area contributed by atoms with Gasteiger partial charge in [0, 0.05) is 0 Å². The highest BCUT2D eigenvalue weighted by Crippen LogP contribution is 2.35. The lowest BCUT2D eigenvalue weighted by Crippen LogP contribution is -2.34. The van der Waals surface area contributed by atoms with Crippen molar-refractivity contribution < 1.29 is 23.6 Å². The Labute approximate surface area is 136 Å². The van der Waals surface area contributed by atoms with Gasteiger partial charge in [-0.2, -0.15) is 0 Å². The van der Waals surface area contributed by atoms with E-state index in [0.29, 0.717) is 5.69 Å². The molecule has 24 heavy (non-hydrogen) atoms. The van der Waals surface area contributed by atoms with Crippen molar-refractivity contribution in [3.63, 3.8) is 0 Å². The molecule has 1 aromatic heterocycles. The second kappa shape index (κ2) is 5.16. The number of carbonyl (C=O) groups excluding carboxylic acids is 3. The van der Waals surface area contributed by atoms with Crippen LogP contribution in [0.15, 0.2) is 52.2 Å². The van der Waals surface area contributed by atoms with Gasteiger partial charge in [-0.1, -0.05) is 23.4 Å². The zero-order chi connectivity index (χ0) is 16.8. The Hall–Kier alpha value is -3.22. The Morgan fingerprint density at radius 1 is 1.12 bits per heavy atom. The maximum Gasteiger partial charge on any atom is 0.278 e. The zero-order valence-electron chi connectivity index (χ0n) is 12.6. The van der Waals surface area contributed by atoms with Crippen molar-refractivity contribution in [2.45, 2.75) is 13.0 Å². The van der Waals surface area contributed by atoms with Crippen molar-refractivity contribution in [3.8, 4) is 0 Å². The van der Waals surface area contributed by atoms with E-state index in [0.717, 1.165) is 10.5 Å². The van der Waals surface area contributed by atoms with Gasteiger partial charge in [-0.05, 0) is 30.7 Å². The first-order valence-electron chi connectivity index (χ1n) is 7.35. The molecule has 0 saturated carbocycles. The number of aryl methyl sites for hydroxylation is 1. The predicted molar refractivity (Wildman–Crippen MR) is 82.5 cm³/mol. The summed E-state index contributed by atoms with van der Waals surface area (Å²) in [4.78, 5) is 44.0. The van der Waals surface area contributed by atoms with E-state index in [2.05, 4.69) is 5.16 Å². The molecule has 2 aliphatic heterocycles. The van der Waals surface area contributed by atoms with Crippen molar-refractivity contribution in [2.24, 2.45) is 11.1 Å². The van der Waals surface area contributed by atoms with Gasteiger partial charge in [0.25, 0.3) is 5.91 Å². The Kier molecular flexibility index (Phi) is 3.09. The third-order valence-corrected chi connectivity index (χ3v) is 4.15. The second-order valence-electron chi connectivity index (χ2n) is 5.59. The van der Waals surface area contributed by atoms with Crippen LogP contribution in [0.2, 0.25) is 0 Å². The average Bonchev–Trinajstić information content (AvgIpc) is 3.29. The standard InChI is InChI=1S/C17H12N2O5/c1-9-5-2-3-6-10(9)19-16(21)12-13(18-24-15(12)17(19)22)14(20)11-7-4-8-23-11/h2-8,12,15H,1H3/t12-,15+/m0/s1. The first-order chi connectivity index (χ1) is 11.6. The molecule has 2 atom stereocenters. The molecule has 2 aromatic rings. The van der Waals surface area contributed by atoms with E-state index < -0.39 is 29.6 Å². The summed E-state index contributed by atoms with van der Waals surface area (Å²) < 4.78 is 5.05. The lowest BCUT2D eigenvalue weighted by Gasteiger charge is -2.17. The van der Waals surface area contributed by atoms with Crippen LogP contribution in [0.25, 0.3) is 0 Å². The maximum absolute atomic E-state index is 12.8. The number of nitrogens with zero attached hydrogens (tertiary/aromatic N) is 2. The molecule has 7 nitrogen and oxygen atoms in total. The molecular weight excluding hydrogens is 312 g/mol. The van der Waals surface area contributed by atoms with Crippen LogP contribution in [0.1, 0.15) is 16.1 Å². The molecule has 3 heterocycles. The molecule has 0 bridgehead atoms. The summed E-state index contributed by atoms with van der Waals surface area (Å²) in [5.74, 6) is -2.59. The monoisotopic (exact) mass is 324 g/mol. The molecule has 1 aromatic carbocycles. The van der Waals surface area contributed by atoms with Crippen molar-refractivity contribution >= 4 is 29.0 Å². The number of rotatable bonds is 3. The number of furan rings is 1. The van der Waals surface area contributed by atoms with E-state index in [1.165, 1.54) is 12.3 Å². The molecule has 2 aliphatic rings. The zero-order valence-corrected chi connectivity index (χ0v) is 12.6. The molecule has 0 aliphatic carbocycles. The number of amides is 2. The third kappa shape index (κ3) is 1.91. The van der Waals surface area contributed by atoms with Gasteiger partial charge in [0.15, 0.2) is 5.76 Å².